The standard InChI is InChI=1S/C54H38N2Si/c1-4-20-39(21-5-1)57(40-22-6-2-7-23-40,41-24-8-3-9-25-41)42-36-37-48-47-30-14-19-35-53(47)56(54(48)38-42)52-34-18-13-29-46(52)45-28-12-17-33-51(45)55-49-31-15-10-26-43(49)44-27-11-16-32-50(44)55/h1-38H. The summed E-state index contributed by atoms with van der Waals surface area (Å²) in [5.41, 5.74) is 9.48. The van der Waals surface area contributed by atoms with Gasteiger partial charge in [0.15, 0.2) is 8.07 Å². The first kappa shape index (κ1) is 33.2. The maximum Gasteiger partial charge on any atom is 0.179 e. The number of rotatable bonds is 7. The molecule has 2 aromatic heterocycles. The molecule has 0 radical (unpaired) electrons. The molecule has 57 heavy (non-hydrogen) atoms. The quantitative estimate of drug-likeness (QED) is 0.114. The molecule has 0 saturated heterocycles. The second kappa shape index (κ2) is 13.5. The largest absolute Gasteiger partial charge is 0.309 e. The summed E-state index contributed by atoms with van der Waals surface area (Å²) in [5, 5.41) is 10.5. The van der Waals surface area contributed by atoms with Gasteiger partial charge in [0.1, 0.15) is 0 Å². The molecule has 0 amide bonds. The maximum absolute atomic E-state index is 2.78. The average Bonchev–Trinajstić information content (AvgIpc) is 3.80. The second-order valence-corrected chi connectivity index (χ2v) is 18.6. The van der Waals surface area contributed by atoms with Crippen LogP contribution >= 0.6 is 0 Å². The molecule has 0 bridgehead atoms. The van der Waals surface area contributed by atoms with E-state index in [1.165, 1.54) is 75.5 Å². The van der Waals surface area contributed by atoms with Crippen molar-refractivity contribution in [3.8, 4) is 22.5 Å². The van der Waals surface area contributed by atoms with E-state index >= 15 is 0 Å². The highest BCUT2D eigenvalue weighted by atomic mass is 28.3. The van der Waals surface area contributed by atoms with Crippen LogP contribution in [0.2, 0.25) is 0 Å². The number of para-hydroxylation sites is 5. The van der Waals surface area contributed by atoms with E-state index in [2.05, 4.69) is 240 Å². The van der Waals surface area contributed by atoms with Crippen molar-refractivity contribution in [1.29, 1.82) is 0 Å². The van der Waals surface area contributed by atoms with Crippen molar-refractivity contribution in [2.24, 2.45) is 0 Å². The smallest absolute Gasteiger partial charge is 0.179 e. The Labute approximate surface area is 333 Å². The lowest BCUT2D eigenvalue weighted by atomic mass is 10.0. The molecule has 0 spiro atoms. The topological polar surface area (TPSA) is 9.86 Å². The van der Waals surface area contributed by atoms with Crippen LogP contribution in [0, 0.1) is 0 Å². The van der Waals surface area contributed by atoms with Crippen molar-refractivity contribution < 1.29 is 0 Å². The van der Waals surface area contributed by atoms with Gasteiger partial charge in [-0.2, -0.15) is 0 Å². The summed E-state index contributed by atoms with van der Waals surface area (Å²) in [6.07, 6.45) is 0. The van der Waals surface area contributed by atoms with E-state index in [4.69, 9.17) is 0 Å². The summed E-state index contributed by atoms with van der Waals surface area (Å²) in [6.45, 7) is 0. The van der Waals surface area contributed by atoms with E-state index in [-0.39, 0.29) is 0 Å². The van der Waals surface area contributed by atoms with Crippen molar-refractivity contribution in [2.75, 3.05) is 0 Å². The monoisotopic (exact) mass is 742 g/mol. The first-order chi connectivity index (χ1) is 28.3. The third-order valence-electron chi connectivity index (χ3n) is 11.9. The number of aromatic nitrogens is 2. The zero-order valence-corrected chi connectivity index (χ0v) is 32.3. The van der Waals surface area contributed by atoms with E-state index < -0.39 is 8.07 Å². The van der Waals surface area contributed by atoms with Crippen LogP contribution in [0.3, 0.4) is 0 Å². The summed E-state index contributed by atoms with van der Waals surface area (Å²) in [7, 11) is -2.78. The molecular weight excluding hydrogens is 705 g/mol. The van der Waals surface area contributed by atoms with Crippen LogP contribution < -0.4 is 20.7 Å². The third kappa shape index (κ3) is 5.10. The molecule has 11 rings (SSSR count). The Morgan fingerprint density at radius 2 is 0.579 bits per heavy atom. The van der Waals surface area contributed by atoms with Gasteiger partial charge in [0, 0.05) is 32.7 Å². The number of fused-ring (bicyclic) bond motifs is 6. The second-order valence-electron chi connectivity index (χ2n) is 14.8. The van der Waals surface area contributed by atoms with Gasteiger partial charge in [-0.3, -0.25) is 0 Å². The van der Waals surface area contributed by atoms with Gasteiger partial charge in [-0.25, -0.2) is 0 Å². The van der Waals surface area contributed by atoms with E-state index in [0.717, 1.165) is 11.4 Å². The summed E-state index contributed by atoms with van der Waals surface area (Å²) in [5.74, 6) is 0. The van der Waals surface area contributed by atoms with Gasteiger partial charge in [0.05, 0.1) is 33.4 Å². The van der Waals surface area contributed by atoms with Gasteiger partial charge in [-0.05, 0) is 57.1 Å². The Kier molecular flexibility index (Phi) is 7.87. The minimum Gasteiger partial charge on any atom is -0.309 e. The maximum atomic E-state index is 2.52. The number of nitrogens with zero attached hydrogens (tertiary/aromatic N) is 2. The molecule has 9 aromatic carbocycles. The normalized spacial score (nSPS) is 11.9. The summed E-state index contributed by atoms with van der Waals surface area (Å²) < 4.78 is 4.96. The molecule has 0 saturated carbocycles. The summed E-state index contributed by atoms with van der Waals surface area (Å²) >= 11 is 0. The molecule has 2 heterocycles. The molecule has 0 N–H and O–H groups in total. The minimum absolute atomic E-state index is 1.15. The van der Waals surface area contributed by atoms with Gasteiger partial charge in [-0.1, -0.05) is 194 Å². The SMILES string of the molecule is c1ccc([Si](c2ccccc2)(c2ccccc2)c2ccc3c4ccccc4n(-c4ccccc4-c4ccccc4-n4c5ccccc5c5ccccc54)c3c2)cc1. The van der Waals surface area contributed by atoms with Gasteiger partial charge in [0.2, 0.25) is 0 Å². The lowest BCUT2D eigenvalue weighted by molar-refractivity contribution is 1.16. The van der Waals surface area contributed by atoms with Crippen LogP contribution in [-0.2, 0) is 0 Å². The van der Waals surface area contributed by atoms with Crippen LogP contribution in [0.1, 0.15) is 0 Å². The number of benzene rings is 9. The van der Waals surface area contributed by atoms with Crippen LogP contribution in [0.5, 0.6) is 0 Å². The highest BCUT2D eigenvalue weighted by Crippen LogP contribution is 2.40. The summed E-state index contributed by atoms with van der Waals surface area (Å²) in [4.78, 5) is 0. The van der Waals surface area contributed by atoms with Crippen molar-refractivity contribution in [1.82, 2.24) is 9.13 Å². The Morgan fingerprint density at radius 1 is 0.246 bits per heavy atom. The zero-order valence-electron chi connectivity index (χ0n) is 31.3. The van der Waals surface area contributed by atoms with Gasteiger partial charge in [-0.15, -0.1) is 0 Å². The molecule has 0 aliphatic heterocycles. The van der Waals surface area contributed by atoms with E-state index in [0.29, 0.717) is 0 Å². The predicted octanol–water partition coefficient (Wildman–Crippen LogP) is 10.9. The molecule has 11 aromatic rings. The van der Waals surface area contributed by atoms with Gasteiger partial charge >= 0.3 is 0 Å². The third-order valence-corrected chi connectivity index (χ3v) is 16.7. The molecule has 3 heteroatoms. The highest BCUT2D eigenvalue weighted by molar-refractivity contribution is 7.20. The molecular formula is C54H38N2Si. The van der Waals surface area contributed by atoms with Gasteiger partial charge < -0.3 is 9.13 Å². The molecule has 0 aliphatic carbocycles. The molecule has 0 atom stereocenters. The van der Waals surface area contributed by atoms with Crippen molar-refractivity contribution in [3.63, 3.8) is 0 Å². The lowest BCUT2D eigenvalue weighted by Crippen LogP contribution is -2.74. The molecule has 268 valence electrons. The van der Waals surface area contributed by atoms with Crippen LogP contribution in [0.15, 0.2) is 231 Å². The molecule has 2 nitrogen and oxygen atoms in total. The molecule has 0 unspecified atom stereocenters. The van der Waals surface area contributed by atoms with Crippen molar-refractivity contribution in [3.05, 3.63) is 231 Å². The van der Waals surface area contributed by atoms with Crippen LogP contribution in [0.4, 0.5) is 0 Å². The Balaban J connectivity index is 1.22. The van der Waals surface area contributed by atoms with E-state index in [1.807, 2.05) is 0 Å². The fourth-order valence-electron chi connectivity index (χ4n) is 9.50. The minimum atomic E-state index is -2.78. The fraction of sp³-hybridized carbons (Fsp3) is 0. The van der Waals surface area contributed by atoms with E-state index in [9.17, 15) is 0 Å². The number of hydrogen-bond acceptors (Lipinski definition) is 0. The van der Waals surface area contributed by atoms with Crippen LogP contribution in [-0.4, -0.2) is 17.2 Å². The summed E-state index contributed by atoms with van der Waals surface area (Å²) in [6, 6.07) is 85.2. The Hall–Kier alpha value is -7.20. The molecule has 0 aliphatic rings. The fourth-order valence-corrected chi connectivity index (χ4v) is 14.3. The lowest BCUT2D eigenvalue weighted by Gasteiger charge is -2.34. The highest BCUT2D eigenvalue weighted by Gasteiger charge is 2.41. The van der Waals surface area contributed by atoms with Crippen molar-refractivity contribution in [2.45, 2.75) is 0 Å². The predicted molar refractivity (Wildman–Crippen MR) is 244 cm³/mol. The van der Waals surface area contributed by atoms with Crippen molar-refractivity contribution >= 4 is 72.4 Å². The zero-order chi connectivity index (χ0) is 37.8. The number of hydrogen-bond donors (Lipinski definition) is 0. The molecule has 0 fully saturated rings. The Morgan fingerprint density at radius 3 is 1.02 bits per heavy atom. The van der Waals surface area contributed by atoms with Gasteiger partial charge in [0.25, 0.3) is 0 Å². The Bertz CT molecular complexity index is 3080. The van der Waals surface area contributed by atoms with E-state index in [1.54, 1.807) is 0 Å². The van der Waals surface area contributed by atoms with Crippen LogP contribution in [0.25, 0.3) is 66.1 Å². The first-order valence-corrected chi connectivity index (χ1v) is 21.7. The average molecular weight is 743 g/mol. The first-order valence-electron chi connectivity index (χ1n) is 19.7.